The number of H-pyrrole nitrogens is 1. The first-order valence-electron chi connectivity index (χ1n) is 8.88. The minimum atomic E-state index is -4.76. The Balaban J connectivity index is 2.11. The molecule has 11 heteroatoms. The molecule has 31 heavy (non-hydrogen) atoms. The van der Waals surface area contributed by atoms with E-state index in [0.717, 1.165) is 31.4 Å². The molecule has 0 saturated heterocycles. The first kappa shape index (κ1) is 22.5. The van der Waals surface area contributed by atoms with Crippen molar-refractivity contribution in [3.8, 4) is 0 Å². The van der Waals surface area contributed by atoms with Crippen molar-refractivity contribution in [2.24, 2.45) is 0 Å². The van der Waals surface area contributed by atoms with Gasteiger partial charge in [-0.1, -0.05) is 11.6 Å². The molecule has 1 aromatic heterocycles. The number of carbonyl (C=O) groups is 1. The van der Waals surface area contributed by atoms with Gasteiger partial charge in [-0.25, -0.2) is 14.2 Å². The molecule has 3 aromatic rings. The number of methoxy groups -OCH3 is 1. The van der Waals surface area contributed by atoms with Crippen molar-refractivity contribution in [3.05, 3.63) is 68.0 Å². The lowest BCUT2D eigenvalue weighted by molar-refractivity contribution is -0.138. The molecule has 0 fully saturated rings. The summed E-state index contributed by atoms with van der Waals surface area (Å²) in [6.07, 6.45) is -4.76. The number of aryl methyl sites for hydroxylation is 1. The van der Waals surface area contributed by atoms with Crippen LogP contribution in [0.15, 0.2) is 29.1 Å². The number of aromatic amines is 1. The zero-order chi connectivity index (χ0) is 23.1. The number of carbonyl (C=O) groups excluding carboxylic acids is 1. The van der Waals surface area contributed by atoms with Crippen molar-refractivity contribution in [1.29, 1.82) is 0 Å². The molecule has 0 spiro atoms. The minimum Gasteiger partial charge on any atom is -0.465 e. The standard InChI is InChI=1S/C20H16ClF4N3O3/c1-8(26-17-14(21)4-10(5-15(17)22)19(30)31-3)11-6-12-16(7-13(11)20(23,24)25)27-9(2)28-18(12)29/h4-8,26H,1-3H3,(H,27,28,29). The van der Waals surface area contributed by atoms with Crippen LogP contribution in [0, 0.1) is 12.7 Å². The first-order chi connectivity index (χ1) is 14.4. The van der Waals surface area contributed by atoms with E-state index < -0.39 is 35.1 Å². The Morgan fingerprint density at radius 3 is 2.52 bits per heavy atom. The molecule has 2 N–H and O–H groups in total. The van der Waals surface area contributed by atoms with Gasteiger partial charge in [0.05, 0.1) is 39.8 Å². The number of anilines is 1. The van der Waals surface area contributed by atoms with Crippen LogP contribution in [-0.2, 0) is 10.9 Å². The number of hydrogen-bond donors (Lipinski definition) is 2. The summed E-state index contributed by atoms with van der Waals surface area (Å²) in [4.78, 5) is 30.2. The third kappa shape index (κ3) is 4.48. The third-order valence-electron chi connectivity index (χ3n) is 4.59. The van der Waals surface area contributed by atoms with Gasteiger partial charge in [0.25, 0.3) is 5.56 Å². The van der Waals surface area contributed by atoms with Gasteiger partial charge in [-0.15, -0.1) is 0 Å². The number of alkyl halides is 3. The van der Waals surface area contributed by atoms with Crippen LogP contribution in [0.1, 0.15) is 40.3 Å². The van der Waals surface area contributed by atoms with Crippen LogP contribution in [0.3, 0.4) is 0 Å². The number of ether oxygens (including phenoxy) is 1. The number of benzene rings is 2. The molecule has 0 saturated carbocycles. The SMILES string of the molecule is COC(=O)c1cc(F)c(NC(C)c2cc3c(=O)[nH]c(C)nc3cc2C(F)(F)F)c(Cl)c1. The Hall–Kier alpha value is -3.14. The number of nitrogens with zero attached hydrogens (tertiary/aromatic N) is 1. The molecule has 1 unspecified atom stereocenters. The summed E-state index contributed by atoms with van der Waals surface area (Å²) in [6, 6.07) is 2.72. The van der Waals surface area contributed by atoms with Crippen molar-refractivity contribution in [2.45, 2.75) is 26.1 Å². The van der Waals surface area contributed by atoms with E-state index in [-0.39, 0.29) is 38.6 Å². The van der Waals surface area contributed by atoms with Crippen LogP contribution in [0.5, 0.6) is 0 Å². The monoisotopic (exact) mass is 457 g/mol. The van der Waals surface area contributed by atoms with Crippen LogP contribution in [0.25, 0.3) is 10.9 Å². The summed E-state index contributed by atoms with van der Waals surface area (Å²) in [6.45, 7) is 2.81. The van der Waals surface area contributed by atoms with Gasteiger partial charge >= 0.3 is 12.1 Å². The average Bonchev–Trinajstić information content (AvgIpc) is 2.68. The quantitative estimate of drug-likeness (QED) is 0.425. The number of rotatable bonds is 4. The van der Waals surface area contributed by atoms with Gasteiger partial charge in [-0.05, 0) is 43.7 Å². The Kier molecular flexibility index (Phi) is 5.95. The molecule has 3 rings (SSSR count). The van der Waals surface area contributed by atoms with E-state index in [4.69, 9.17) is 11.6 Å². The highest BCUT2D eigenvalue weighted by Gasteiger charge is 2.35. The smallest absolute Gasteiger partial charge is 0.416 e. The number of nitrogens with one attached hydrogen (secondary N) is 2. The molecular formula is C20H16ClF4N3O3. The normalized spacial score (nSPS) is 12.6. The van der Waals surface area contributed by atoms with E-state index in [1.165, 1.54) is 13.8 Å². The molecule has 0 radical (unpaired) electrons. The fourth-order valence-electron chi connectivity index (χ4n) is 3.16. The maximum atomic E-state index is 14.5. The Labute approximate surface area is 178 Å². The lowest BCUT2D eigenvalue weighted by Gasteiger charge is -2.22. The van der Waals surface area contributed by atoms with E-state index >= 15 is 0 Å². The summed E-state index contributed by atoms with van der Waals surface area (Å²) in [5.74, 6) is -1.61. The number of halogens is 5. The Bertz CT molecular complexity index is 1220. The summed E-state index contributed by atoms with van der Waals surface area (Å²) >= 11 is 6.04. The van der Waals surface area contributed by atoms with Crippen molar-refractivity contribution < 1.29 is 27.1 Å². The predicted octanol–water partition coefficient (Wildman–Crippen LogP) is 5.00. The van der Waals surface area contributed by atoms with Crippen LogP contribution < -0.4 is 10.9 Å². The van der Waals surface area contributed by atoms with Crippen LogP contribution in [0.2, 0.25) is 5.02 Å². The minimum absolute atomic E-state index is 0.0464. The molecule has 0 amide bonds. The second-order valence-corrected chi connectivity index (χ2v) is 7.19. The van der Waals surface area contributed by atoms with Gasteiger partial charge in [0.1, 0.15) is 11.6 Å². The van der Waals surface area contributed by atoms with Crippen LogP contribution in [-0.4, -0.2) is 23.0 Å². The van der Waals surface area contributed by atoms with Gasteiger partial charge < -0.3 is 15.0 Å². The number of hydrogen-bond acceptors (Lipinski definition) is 5. The highest BCUT2D eigenvalue weighted by atomic mass is 35.5. The predicted molar refractivity (Wildman–Crippen MR) is 107 cm³/mol. The lowest BCUT2D eigenvalue weighted by Crippen LogP contribution is -2.18. The fourth-order valence-corrected chi connectivity index (χ4v) is 3.43. The summed E-state index contributed by atoms with van der Waals surface area (Å²) in [7, 11) is 1.11. The van der Waals surface area contributed by atoms with Crippen molar-refractivity contribution in [1.82, 2.24) is 9.97 Å². The first-order valence-corrected chi connectivity index (χ1v) is 9.25. The summed E-state index contributed by atoms with van der Waals surface area (Å²) in [5.41, 5.74) is -2.50. The van der Waals surface area contributed by atoms with Crippen LogP contribution in [0.4, 0.5) is 23.2 Å². The fraction of sp³-hybridized carbons (Fsp3) is 0.250. The van der Waals surface area contributed by atoms with Gasteiger partial charge in [-0.2, -0.15) is 13.2 Å². The number of aromatic nitrogens is 2. The lowest BCUT2D eigenvalue weighted by atomic mass is 9.98. The molecule has 1 heterocycles. The highest BCUT2D eigenvalue weighted by molar-refractivity contribution is 6.33. The van der Waals surface area contributed by atoms with E-state index in [9.17, 15) is 27.2 Å². The Morgan fingerprint density at radius 2 is 1.94 bits per heavy atom. The van der Waals surface area contributed by atoms with Gasteiger partial charge in [-0.3, -0.25) is 4.79 Å². The number of esters is 1. The van der Waals surface area contributed by atoms with E-state index in [0.29, 0.717) is 0 Å². The summed E-state index contributed by atoms with van der Waals surface area (Å²) in [5, 5.41) is 2.32. The molecular weight excluding hydrogens is 442 g/mol. The molecule has 0 aliphatic carbocycles. The maximum Gasteiger partial charge on any atom is 0.416 e. The zero-order valence-electron chi connectivity index (χ0n) is 16.4. The van der Waals surface area contributed by atoms with Gasteiger partial charge in [0.2, 0.25) is 0 Å². The molecule has 1 atom stereocenters. The van der Waals surface area contributed by atoms with Crippen molar-refractivity contribution in [2.75, 3.05) is 12.4 Å². The molecule has 0 bridgehead atoms. The molecule has 6 nitrogen and oxygen atoms in total. The van der Waals surface area contributed by atoms with Crippen LogP contribution >= 0.6 is 11.6 Å². The van der Waals surface area contributed by atoms with E-state index in [2.05, 4.69) is 20.0 Å². The topological polar surface area (TPSA) is 84.1 Å². The Morgan fingerprint density at radius 1 is 1.26 bits per heavy atom. The largest absolute Gasteiger partial charge is 0.465 e. The van der Waals surface area contributed by atoms with Gasteiger partial charge in [0.15, 0.2) is 0 Å². The molecule has 164 valence electrons. The van der Waals surface area contributed by atoms with E-state index in [1.54, 1.807) is 0 Å². The number of fused-ring (bicyclic) bond motifs is 1. The molecule has 0 aliphatic heterocycles. The van der Waals surface area contributed by atoms with E-state index in [1.807, 2.05) is 0 Å². The second-order valence-electron chi connectivity index (χ2n) is 6.78. The van der Waals surface area contributed by atoms with Crippen molar-refractivity contribution in [3.63, 3.8) is 0 Å². The average molecular weight is 458 g/mol. The summed E-state index contributed by atoms with van der Waals surface area (Å²) < 4.78 is 60.2. The molecule has 2 aromatic carbocycles. The van der Waals surface area contributed by atoms with Crippen molar-refractivity contribution >= 4 is 34.2 Å². The molecule has 0 aliphatic rings. The highest BCUT2D eigenvalue weighted by Crippen LogP contribution is 2.38. The third-order valence-corrected chi connectivity index (χ3v) is 4.89. The van der Waals surface area contributed by atoms with Gasteiger partial charge in [0, 0.05) is 6.04 Å². The maximum absolute atomic E-state index is 14.5. The zero-order valence-corrected chi connectivity index (χ0v) is 17.2. The second kappa shape index (κ2) is 8.18.